The van der Waals surface area contributed by atoms with E-state index in [4.69, 9.17) is 4.74 Å². The minimum absolute atomic E-state index is 0.135. The van der Waals surface area contributed by atoms with E-state index in [0.29, 0.717) is 0 Å². The molecule has 2 bridgehead atoms. The van der Waals surface area contributed by atoms with E-state index in [2.05, 4.69) is 12.2 Å². The van der Waals surface area contributed by atoms with E-state index in [-0.39, 0.29) is 5.91 Å². The number of piperazine rings is 1. The molecule has 1 aromatic carbocycles. The predicted octanol–water partition coefficient (Wildman–Crippen LogP) is 1.25. The van der Waals surface area contributed by atoms with Gasteiger partial charge < -0.3 is 14.5 Å². The topological polar surface area (TPSA) is 34.0 Å². The van der Waals surface area contributed by atoms with Crippen LogP contribution in [0.2, 0.25) is 0 Å². The SMILES string of the molecule is COc1cccc(C(=O)N2CC[NH+](C[C@@H]3C[C@@H]4C=C[C@H]3C4)CC2)c1. The van der Waals surface area contributed by atoms with Crippen LogP contribution in [-0.4, -0.2) is 50.6 Å². The summed E-state index contributed by atoms with van der Waals surface area (Å²) in [7, 11) is 1.64. The smallest absolute Gasteiger partial charge is 0.254 e. The summed E-state index contributed by atoms with van der Waals surface area (Å²) >= 11 is 0. The number of fused-ring (bicyclic) bond motifs is 2. The molecule has 4 heteroatoms. The molecular formula is C20H27N2O2+. The Balaban J connectivity index is 1.31. The molecule has 1 N–H and O–H groups in total. The summed E-state index contributed by atoms with van der Waals surface area (Å²) in [5.41, 5.74) is 0.732. The van der Waals surface area contributed by atoms with Gasteiger partial charge in [0.2, 0.25) is 0 Å². The molecule has 1 heterocycles. The third kappa shape index (κ3) is 3.07. The Labute approximate surface area is 144 Å². The first-order chi connectivity index (χ1) is 11.7. The molecule has 0 unspecified atom stereocenters. The van der Waals surface area contributed by atoms with Crippen molar-refractivity contribution in [3.63, 3.8) is 0 Å². The van der Waals surface area contributed by atoms with Gasteiger partial charge >= 0.3 is 0 Å². The van der Waals surface area contributed by atoms with Crippen LogP contribution in [0.3, 0.4) is 0 Å². The lowest BCUT2D eigenvalue weighted by molar-refractivity contribution is -0.907. The summed E-state index contributed by atoms with van der Waals surface area (Å²) in [5.74, 6) is 3.44. The molecule has 1 saturated heterocycles. The fourth-order valence-electron chi connectivity index (χ4n) is 4.67. The van der Waals surface area contributed by atoms with Gasteiger partial charge in [-0.1, -0.05) is 18.2 Å². The number of ether oxygens (including phenoxy) is 1. The van der Waals surface area contributed by atoms with Crippen LogP contribution >= 0.6 is 0 Å². The lowest BCUT2D eigenvalue weighted by Gasteiger charge is -2.34. The number of carbonyl (C=O) groups excluding carboxylic acids is 1. The zero-order valence-electron chi connectivity index (χ0n) is 14.4. The highest BCUT2D eigenvalue weighted by molar-refractivity contribution is 5.94. The lowest BCUT2D eigenvalue weighted by atomic mass is 9.93. The van der Waals surface area contributed by atoms with Crippen molar-refractivity contribution in [2.24, 2.45) is 17.8 Å². The molecule has 4 rings (SSSR count). The molecule has 1 amide bonds. The molecular weight excluding hydrogens is 300 g/mol. The summed E-state index contributed by atoms with van der Waals surface area (Å²) in [4.78, 5) is 16.4. The van der Waals surface area contributed by atoms with Gasteiger partial charge in [-0.05, 0) is 42.9 Å². The number of rotatable bonds is 4. The quantitative estimate of drug-likeness (QED) is 0.845. The van der Waals surface area contributed by atoms with Gasteiger partial charge in [-0.3, -0.25) is 4.79 Å². The Morgan fingerprint density at radius 3 is 2.75 bits per heavy atom. The standard InChI is InChI=1S/C20H26N2O2/c1-24-19-4-2-3-17(13-19)20(23)22-9-7-21(8-10-22)14-18-12-15-5-6-16(18)11-15/h2-6,13,15-16,18H,7-12,14H2,1H3/p+1/t15-,16+,18+/m1/s1. The van der Waals surface area contributed by atoms with E-state index < -0.39 is 0 Å². The molecule has 1 aliphatic heterocycles. The van der Waals surface area contributed by atoms with Crippen molar-refractivity contribution in [3.05, 3.63) is 42.0 Å². The number of carbonyl (C=O) groups is 1. The summed E-state index contributed by atoms with van der Waals surface area (Å²) in [6.07, 6.45) is 7.64. The Hall–Kier alpha value is -1.81. The molecule has 2 aliphatic carbocycles. The van der Waals surface area contributed by atoms with Crippen molar-refractivity contribution < 1.29 is 14.4 Å². The van der Waals surface area contributed by atoms with Gasteiger partial charge in [-0.2, -0.15) is 0 Å². The van der Waals surface area contributed by atoms with Crippen LogP contribution in [0.25, 0.3) is 0 Å². The van der Waals surface area contributed by atoms with E-state index in [0.717, 1.165) is 55.2 Å². The molecule has 1 saturated carbocycles. The first-order valence-corrected chi connectivity index (χ1v) is 9.18. The zero-order valence-corrected chi connectivity index (χ0v) is 14.4. The highest BCUT2D eigenvalue weighted by Crippen LogP contribution is 2.42. The summed E-state index contributed by atoms with van der Waals surface area (Å²) < 4.78 is 5.23. The lowest BCUT2D eigenvalue weighted by Crippen LogP contribution is -3.15. The van der Waals surface area contributed by atoms with E-state index in [1.807, 2.05) is 29.2 Å². The molecule has 0 aromatic heterocycles. The number of methoxy groups -OCH3 is 1. The van der Waals surface area contributed by atoms with Crippen LogP contribution in [0.15, 0.2) is 36.4 Å². The highest BCUT2D eigenvalue weighted by Gasteiger charge is 2.38. The minimum Gasteiger partial charge on any atom is -0.497 e. The highest BCUT2D eigenvalue weighted by atomic mass is 16.5. The molecule has 128 valence electrons. The van der Waals surface area contributed by atoms with Gasteiger partial charge in [0.25, 0.3) is 5.91 Å². The van der Waals surface area contributed by atoms with Crippen molar-refractivity contribution in [1.82, 2.24) is 4.90 Å². The summed E-state index contributed by atoms with van der Waals surface area (Å²) in [6.45, 7) is 5.16. The minimum atomic E-state index is 0.135. The number of nitrogens with zero attached hydrogens (tertiary/aromatic N) is 1. The van der Waals surface area contributed by atoms with Crippen LogP contribution in [-0.2, 0) is 0 Å². The zero-order chi connectivity index (χ0) is 16.5. The first-order valence-electron chi connectivity index (χ1n) is 9.18. The molecule has 2 fully saturated rings. The maximum absolute atomic E-state index is 12.7. The fourth-order valence-corrected chi connectivity index (χ4v) is 4.67. The van der Waals surface area contributed by atoms with Gasteiger partial charge in [0.1, 0.15) is 5.75 Å². The van der Waals surface area contributed by atoms with E-state index >= 15 is 0 Å². The number of hydrogen-bond donors (Lipinski definition) is 1. The number of allylic oxidation sites excluding steroid dienone is 2. The summed E-state index contributed by atoms with van der Waals surface area (Å²) in [6, 6.07) is 7.48. The number of nitrogens with one attached hydrogen (secondary N) is 1. The molecule has 1 aromatic rings. The number of quaternary nitrogens is 1. The van der Waals surface area contributed by atoms with Crippen molar-refractivity contribution >= 4 is 5.91 Å². The first kappa shape index (κ1) is 15.7. The van der Waals surface area contributed by atoms with Crippen LogP contribution in [0.4, 0.5) is 0 Å². The number of amides is 1. The van der Waals surface area contributed by atoms with Gasteiger partial charge in [0.05, 0.1) is 39.8 Å². The third-order valence-corrected chi connectivity index (χ3v) is 6.04. The number of hydrogen-bond acceptors (Lipinski definition) is 2. The van der Waals surface area contributed by atoms with Gasteiger partial charge in [-0.15, -0.1) is 0 Å². The van der Waals surface area contributed by atoms with Crippen molar-refractivity contribution in [2.45, 2.75) is 12.8 Å². The monoisotopic (exact) mass is 327 g/mol. The van der Waals surface area contributed by atoms with Crippen LogP contribution in [0.5, 0.6) is 5.75 Å². The Kier molecular flexibility index (Phi) is 4.31. The predicted molar refractivity (Wildman–Crippen MR) is 93.3 cm³/mol. The van der Waals surface area contributed by atoms with Gasteiger partial charge in [0, 0.05) is 11.5 Å². The Morgan fingerprint density at radius 1 is 1.25 bits per heavy atom. The molecule has 0 spiro atoms. The summed E-state index contributed by atoms with van der Waals surface area (Å²) in [5, 5.41) is 0. The Morgan fingerprint density at radius 2 is 2.08 bits per heavy atom. The normalized spacial score (nSPS) is 29.2. The van der Waals surface area contributed by atoms with Crippen LogP contribution in [0.1, 0.15) is 23.2 Å². The van der Waals surface area contributed by atoms with Crippen LogP contribution < -0.4 is 9.64 Å². The average Bonchev–Trinajstić information content (AvgIpc) is 3.25. The molecule has 3 aliphatic rings. The van der Waals surface area contributed by atoms with Gasteiger partial charge in [-0.25, -0.2) is 0 Å². The third-order valence-electron chi connectivity index (χ3n) is 6.04. The second kappa shape index (κ2) is 6.60. The maximum atomic E-state index is 12.7. The van der Waals surface area contributed by atoms with Crippen molar-refractivity contribution in [2.75, 3.05) is 39.8 Å². The largest absolute Gasteiger partial charge is 0.497 e. The molecule has 3 atom stereocenters. The second-order valence-electron chi connectivity index (χ2n) is 7.52. The van der Waals surface area contributed by atoms with Crippen LogP contribution in [0, 0.1) is 17.8 Å². The maximum Gasteiger partial charge on any atom is 0.254 e. The molecule has 4 nitrogen and oxygen atoms in total. The fraction of sp³-hybridized carbons (Fsp3) is 0.550. The second-order valence-corrected chi connectivity index (χ2v) is 7.52. The van der Waals surface area contributed by atoms with E-state index in [1.54, 1.807) is 12.0 Å². The molecule has 0 radical (unpaired) electrons. The van der Waals surface area contributed by atoms with Crippen molar-refractivity contribution in [3.8, 4) is 5.75 Å². The molecule has 24 heavy (non-hydrogen) atoms. The van der Waals surface area contributed by atoms with E-state index in [9.17, 15) is 4.79 Å². The van der Waals surface area contributed by atoms with Gasteiger partial charge in [0.15, 0.2) is 0 Å². The van der Waals surface area contributed by atoms with E-state index in [1.165, 1.54) is 19.4 Å². The average molecular weight is 327 g/mol. The number of benzene rings is 1. The van der Waals surface area contributed by atoms with Crippen molar-refractivity contribution in [1.29, 1.82) is 0 Å². The Bertz CT molecular complexity index is 634.